The summed E-state index contributed by atoms with van der Waals surface area (Å²) in [5.74, 6) is -0.399. The minimum absolute atomic E-state index is 0.105. The molecule has 8 fully saturated rings. The van der Waals surface area contributed by atoms with Crippen molar-refractivity contribution in [2.24, 2.45) is 29.1 Å². The second-order valence-electron chi connectivity index (χ2n) is 11.0. The summed E-state index contributed by atoms with van der Waals surface area (Å²) >= 11 is 0. The molecule has 0 amide bonds. The number of aliphatic carboxylic acids is 1. The lowest BCUT2D eigenvalue weighted by Crippen LogP contribution is -2.70. The lowest BCUT2D eigenvalue weighted by Gasteiger charge is -2.60. The Morgan fingerprint density at radius 2 is 1.93 bits per heavy atom. The molecule has 0 radical (unpaired) electrons. The molecule has 6 heterocycles. The van der Waals surface area contributed by atoms with Crippen LogP contribution in [-0.4, -0.2) is 53.9 Å². The summed E-state index contributed by atoms with van der Waals surface area (Å²) in [5, 5.41) is 9.46. The normalized spacial score (nSPS) is 58.6. The zero-order valence-corrected chi connectivity index (χ0v) is 17.9. The van der Waals surface area contributed by atoms with Crippen LogP contribution < -0.4 is 0 Å². The van der Waals surface area contributed by atoms with E-state index in [1.54, 1.807) is 0 Å². The van der Waals surface area contributed by atoms with E-state index in [-0.39, 0.29) is 18.4 Å². The number of carbonyl (C=O) groups is 1. The molecule has 8 nitrogen and oxygen atoms in total. The van der Waals surface area contributed by atoms with E-state index >= 15 is 0 Å². The van der Waals surface area contributed by atoms with Gasteiger partial charge in [0.15, 0.2) is 18.2 Å². The van der Waals surface area contributed by atoms with Gasteiger partial charge in [0.05, 0.1) is 24.2 Å². The van der Waals surface area contributed by atoms with E-state index in [1.807, 2.05) is 6.92 Å². The van der Waals surface area contributed by atoms with Crippen molar-refractivity contribution in [3.05, 3.63) is 0 Å². The Hall–Kier alpha value is -0.770. The van der Waals surface area contributed by atoms with Gasteiger partial charge in [-0.05, 0) is 50.9 Å². The summed E-state index contributed by atoms with van der Waals surface area (Å²) in [7, 11) is 0. The molecule has 0 aromatic heterocycles. The van der Waals surface area contributed by atoms with Gasteiger partial charge >= 0.3 is 5.97 Å². The van der Waals surface area contributed by atoms with E-state index in [2.05, 4.69) is 13.8 Å². The zero-order valence-electron chi connectivity index (χ0n) is 17.9. The number of hydrogen-bond acceptors (Lipinski definition) is 7. The number of hydrogen-bond donors (Lipinski definition) is 1. The Balaban J connectivity index is 1.22. The predicted molar refractivity (Wildman–Crippen MR) is 101 cm³/mol. The zero-order chi connectivity index (χ0) is 20.9. The van der Waals surface area contributed by atoms with Gasteiger partial charge < -0.3 is 24.1 Å². The van der Waals surface area contributed by atoms with Gasteiger partial charge in [0.2, 0.25) is 5.79 Å². The van der Waals surface area contributed by atoms with Crippen LogP contribution in [0.25, 0.3) is 0 Å². The smallest absolute Gasteiger partial charge is 0.312 e. The Morgan fingerprint density at radius 3 is 2.67 bits per heavy atom. The number of fused-ring (bicyclic) bond motifs is 3. The van der Waals surface area contributed by atoms with Gasteiger partial charge in [0.1, 0.15) is 0 Å². The second kappa shape index (κ2) is 6.17. The maximum atomic E-state index is 11.5. The first kappa shape index (κ1) is 19.9. The predicted octanol–water partition coefficient (Wildman–Crippen LogP) is 2.84. The van der Waals surface area contributed by atoms with Gasteiger partial charge in [0, 0.05) is 18.3 Å². The molecule has 8 heteroatoms. The average molecular weight is 424 g/mol. The Bertz CT molecular complexity index is 749. The third-order valence-electron chi connectivity index (χ3n) is 9.04. The first-order chi connectivity index (χ1) is 14.2. The molecule has 30 heavy (non-hydrogen) atoms. The fourth-order valence-corrected chi connectivity index (χ4v) is 7.33. The summed E-state index contributed by atoms with van der Waals surface area (Å²) in [6.45, 7) is 6.99. The molecule has 8 rings (SSSR count). The third-order valence-corrected chi connectivity index (χ3v) is 9.04. The summed E-state index contributed by atoms with van der Waals surface area (Å²) in [4.78, 5) is 23.5. The van der Waals surface area contributed by atoms with Crippen LogP contribution in [0.3, 0.4) is 0 Å². The van der Waals surface area contributed by atoms with E-state index < -0.39 is 41.0 Å². The third kappa shape index (κ3) is 2.46. The Labute approximate surface area is 176 Å². The molecule has 0 aromatic carbocycles. The molecule has 168 valence electrons. The molecule has 2 saturated carbocycles. The quantitative estimate of drug-likeness (QED) is 0.689. The van der Waals surface area contributed by atoms with Crippen molar-refractivity contribution in [3.8, 4) is 0 Å². The van der Waals surface area contributed by atoms with Crippen LogP contribution in [0.15, 0.2) is 0 Å². The number of rotatable bonds is 4. The van der Waals surface area contributed by atoms with Gasteiger partial charge in [0.25, 0.3) is 0 Å². The molecule has 1 spiro atoms. The van der Waals surface area contributed by atoms with Gasteiger partial charge in [-0.1, -0.05) is 13.8 Å². The Morgan fingerprint density at radius 1 is 1.13 bits per heavy atom. The van der Waals surface area contributed by atoms with E-state index in [0.29, 0.717) is 31.3 Å². The monoisotopic (exact) mass is 424 g/mol. The number of ether oxygens (including phenoxy) is 4. The molecule has 0 unspecified atom stereocenters. The fraction of sp³-hybridized carbons (Fsp3) is 0.955. The minimum Gasteiger partial charge on any atom is -0.481 e. The number of carboxylic acids is 1. The molecular weight excluding hydrogens is 392 g/mol. The maximum Gasteiger partial charge on any atom is 0.312 e. The van der Waals surface area contributed by atoms with Crippen LogP contribution in [0.1, 0.15) is 59.3 Å². The fourth-order valence-electron chi connectivity index (χ4n) is 7.33. The van der Waals surface area contributed by atoms with Crippen molar-refractivity contribution in [1.82, 2.24) is 0 Å². The van der Waals surface area contributed by atoms with Crippen LogP contribution >= 0.6 is 0 Å². The molecular formula is C22H32O8. The van der Waals surface area contributed by atoms with Gasteiger partial charge in [-0.3, -0.25) is 4.79 Å². The van der Waals surface area contributed by atoms with E-state index in [0.717, 1.165) is 25.7 Å². The van der Waals surface area contributed by atoms with Crippen LogP contribution in [0, 0.1) is 29.1 Å². The minimum atomic E-state index is -0.801. The van der Waals surface area contributed by atoms with Crippen LogP contribution in [0.4, 0.5) is 0 Å². The van der Waals surface area contributed by atoms with Crippen molar-refractivity contribution >= 4 is 5.97 Å². The molecule has 1 N–H and O–H groups in total. The largest absolute Gasteiger partial charge is 0.481 e. The highest BCUT2D eigenvalue weighted by molar-refractivity contribution is 5.77. The summed E-state index contributed by atoms with van der Waals surface area (Å²) in [5.41, 5.74) is -1.80. The van der Waals surface area contributed by atoms with Crippen LogP contribution in [-0.2, 0) is 33.5 Å². The van der Waals surface area contributed by atoms with Crippen molar-refractivity contribution < 1.29 is 38.6 Å². The first-order valence-electron chi connectivity index (χ1n) is 11.4. The summed E-state index contributed by atoms with van der Waals surface area (Å²) < 4.78 is 24.9. The van der Waals surface area contributed by atoms with E-state index in [4.69, 9.17) is 28.7 Å². The lowest BCUT2D eigenvalue weighted by atomic mass is 9.58. The van der Waals surface area contributed by atoms with E-state index in [1.165, 1.54) is 0 Å². The molecule has 6 saturated heterocycles. The SMILES string of the molecule is C[C@H]1[C@H](OCC23CC(C(=O)O)(CO2)C3)O[C@@H]2O[C@@]3(C)CC[C@H]4[C@H](C)CC[C@@H]1[C@@]24OO3. The first-order valence-corrected chi connectivity index (χ1v) is 11.4. The topological polar surface area (TPSA) is 92.7 Å². The molecule has 6 aliphatic heterocycles. The summed E-state index contributed by atoms with van der Waals surface area (Å²) in [6, 6.07) is 0. The molecule has 8 aliphatic rings. The average Bonchev–Trinajstić information content (AvgIpc) is 3.15. The van der Waals surface area contributed by atoms with Crippen molar-refractivity contribution in [2.45, 2.75) is 88.9 Å². The van der Waals surface area contributed by atoms with Gasteiger partial charge in [-0.15, -0.1) is 0 Å². The van der Waals surface area contributed by atoms with Crippen molar-refractivity contribution in [1.29, 1.82) is 0 Å². The molecule has 0 aromatic rings. The maximum absolute atomic E-state index is 11.5. The summed E-state index contributed by atoms with van der Waals surface area (Å²) in [6.07, 6.45) is 4.01. The van der Waals surface area contributed by atoms with Crippen molar-refractivity contribution in [3.63, 3.8) is 0 Å². The van der Waals surface area contributed by atoms with Crippen molar-refractivity contribution in [2.75, 3.05) is 13.2 Å². The standard InChI is InChI=1S/C22H32O8/c1-12-4-5-15-13(2)16(25-11-21-8-20(9-21,10-26-21)17(23)24)27-18-22(15)14(12)6-7-19(3,28-18)29-30-22/h12-16,18H,4-11H2,1-3H3,(H,23,24)/t12-,13-,14+,15+,16-,18-,19-,20?,21?,22-/m1/s1. The lowest BCUT2D eigenvalue weighted by molar-refractivity contribution is -0.577. The molecule has 8 atom stereocenters. The molecule has 4 bridgehead atoms. The highest BCUT2D eigenvalue weighted by atomic mass is 17.3. The molecule has 2 aliphatic carbocycles. The van der Waals surface area contributed by atoms with Gasteiger partial charge in [-0.25, -0.2) is 9.78 Å². The highest BCUT2D eigenvalue weighted by Gasteiger charge is 2.70. The Kier molecular flexibility index (Phi) is 4.09. The van der Waals surface area contributed by atoms with Crippen LogP contribution in [0.5, 0.6) is 0 Å². The highest BCUT2D eigenvalue weighted by Crippen LogP contribution is 2.61. The second-order valence-corrected chi connectivity index (χ2v) is 11.0. The van der Waals surface area contributed by atoms with Crippen LogP contribution in [0.2, 0.25) is 0 Å². The number of carboxylic acid groups (broad SMARTS) is 1. The van der Waals surface area contributed by atoms with Gasteiger partial charge in [-0.2, -0.15) is 0 Å². The van der Waals surface area contributed by atoms with E-state index in [9.17, 15) is 9.90 Å².